The van der Waals surface area contributed by atoms with Gasteiger partial charge >= 0.3 is 6.03 Å². The van der Waals surface area contributed by atoms with E-state index >= 15 is 0 Å². The number of hydrogen-bond acceptors (Lipinski definition) is 5. The van der Waals surface area contributed by atoms with E-state index in [4.69, 9.17) is 16.3 Å². The van der Waals surface area contributed by atoms with Crippen LogP contribution in [0, 0.1) is 0 Å². The Hall–Kier alpha value is -4.43. The van der Waals surface area contributed by atoms with Gasteiger partial charge in [0, 0.05) is 16.3 Å². The minimum Gasteiger partial charge on any atom is -0.483 e. The number of amides is 5. The van der Waals surface area contributed by atoms with Crippen molar-refractivity contribution in [3.8, 4) is 5.75 Å². The van der Waals surface area contributed by atoms with Gasteiger partial charge in [-0.1, -0.05) is 48.0 Å². The Morgan fingerprint density at radius 2 is 1.65 bits per heavy atom. The molecule has 0 unspecified atom stereocenters. The zero-order valence-corrected chi connectivity index (χ0v) is 18.4. The van der Waals surface area contributed by atoms with Gasteiger partial charge in [-0.25, -0.2) is 9.69 Å². The van der Waals surface area contributed by atoms with E-state index in [1.165, 1.54) is 18.2 Å². The van der Waals surface area contributed by atoms with Crippen molar-refractivity contribution in [3.63, 3.8) is 0 Å². The number of carbonyl (C=O) groups is 4. The van der Waals surface area contributed by atoms with Crippen LogP contribution in [0.5, 0.6) is 5.75 Å². The molecule has 1 heterocycles. The number of imide groups is 2. The van der Waals surface area contributed by atoms with Crippen LogP contribution in [-0.2, 0) is 14.4 Å². The summed E-state index contributed by atoms with van der Waals surface area (Å²) in [6, 6.07) is 20.8. The van der Waals surface area contributed by atoms with E-state index in [9.17, 15) is 19.2 Å². The fraction of sp³-hybridized carbons (Fsp3) is 0.0400. The van der Waals surface area contributed by atoms with Crippen LogP contribution in [0.25, 0.3) is 6.08 Å². The van der Waals surface area contributed by atoms with E-state index in [0.717, 1.165) is 4.90 Å². The molecule has 34 heavy (non-hydrogen) atoms. The third kappa shape index (κ3) is 5.13. The molecule has 3 aromatic rings. The number of anilines is 2. The summed E-state index contributed by atoms with van der Waals surface area (Å²) in [5.74, 6) is -1.82. The lowest BCUT2D eigenvalue weighted by Crippen LogP contribution is -2.54. The van der Waals surface area contributed by atoms with Crippen molar-refractivity contribution in [1.29, 1.82) is 0 Å². The Morgan fingerprint density at radius 1 is 0.971 bits per heavy atom. The maximum atomic E-state index is 13.1. The molecule has 0 atom stereocenters. The van der Waals surface area contributed by atoms with Crippen molar-refractivity contribution in [2.75, 3.05) is 16.8 Å². The highest BCUT2D eigenvalue weighted by molar-refractivity contribution is 6.39. The topological polar surface area (TPSA) is 105 Å². The number of hydrogen-bond donors (Lipinski definition) is 2. The molecule has 5 amide bonds. The van der Waals surface area contributed by atoms with Crippen molar-refractivity contribution >= 4 is 52.8 Å². The van der Waals surface area contributed by atoms with E-state index in [-0.39, 0.29) is 17.9 Å². The summed E-state index contributed by atoms with van der Waals surface area (Å²) in [6.07, 6.45) is 1.27. The molecule has 0 spiro atoms. The summed E-state index contributed by atoms with van der Waals surface area (Å²) in [4.78, 5) is 51.0. The lowest BCUT2D eigenvalue weighted by atomic mass is 10.1. The average molecular weight is 476 g/mol. The van der Waals surface area contributed by atoms with Crippen LogP contribution in [0.4, 0.5) is 16.2 Å². The van der Waals surface area contributed by atoms with E-state index in [0.29, 0.717) is 22.0 Å². The highest BCUT2D eigenvalue weighted by atomic mass is 35.5. The molecule has 0 bridgehead atoms. The molecule has 1 saturated heterocycles. The molecule has 8 nitrogen and oxygen atoms in total. The molecule has 0 saturated carbocycles. The van der Waals surface area contributed by atoms with Crippen molar-refractivity contribution in [1.82, 2.24) is 5.32 Å². The number of barbiturate groups is 1. The maximum Gasteiger partial charge on any atom is 0.335 e. The first-order valence-electron chi connectivity index (χ1n) is 10.2. The Morgan fingerprint density at radius 3 is 2.35 bits per heavy atom. The summed E-state index contributed by atoms with van der Waals surface area (Å²) in [5.41, 5.74) is 0.929. The Balaban J connectivity index is 1.58. The summed E-state index contributed by atoms with van der Waals surface area (Å²) in [5, 5.41) is 5.19. The van der Waals surface area contributed by atoms with Gasteiger partial charge in [0.05, 0.1) is 5.69 Å². The Kier molecular flexibility index (Phi) is 6.70. The van der Waals surface area contributed by atoms with E-state index in [1.807, 2.05) is 6.07 Å². The standard InChI is InChI=1S/C25H18ClN3O5/c26-17-11-12-21(34-15-22(30)27-18-7-3-1-4-8-18)16(13-17)14-20-23(31)28-25(33)29(24(20)32)19-9-5-2-6-10-19/h1-14H,15H2,(H,27,30)(H,28,31,33)/b20-14+. The minimum absolute atomic E-state index is 0.226. The smallest absolute Gasteiger partial charge is 0.335 e. The molecule has 170 valence electrons. The van der Waals surface area contributed by atoms with Crippen molar-refractivity contribution < 1.29 is 23.9 Å². The van der Waals surface area contributed by atoms with Crippen molar-refractivity contribution in [2.24, 2.45) is 0 Å². The van der Waals surface area contributed by atoms with Crippen LogP contribution in [0.3, 0.4) is 0 Å². The summed E-state index contributed by atoms with van der Waals surface area (Å²) >= 11 is 6.11. The van der Waals surface area contributed by atoms with Gasteiger partial charge in [0.2, 0.25) is 0 Å². The fourth-order valence-electron chi connectivity index (χ4n) is 3.25. The van der Waals surface area contributed by atoms with Crippen LogP contribution >= 0.6 is 11.6 Å². The molecule has 3 aromatic carbocycles. The normalized spacial score (nSPS) is 14.7. The first kappa shape index (κ1) is 22.8. The summed E-state index contributed by atoms with van der Waals surface area (Å²) in [7, 11) is 0. The van der Waals surface area contributed by atoms with Gasteiger partial charge in [-0.15, -0.1) is 0 Å². The number of carbonyl (C=O) groups excluding carboxylic acids is 4. The minimum atomic E-state index is -0.852. The predicted octanol–water partition coefficient (Wildman–Crippen LogP) is 4.02. The van der Waals surface area contributed by atoms with Gasteiger partial charge in [0.25, 0.3) is 17.7 Å². The predicted molar refractivity (Wildman–Crippen MR) is 127 cm³/mol. The van der Waals surface area contributed by atoms with E-state index < -0.39 is 23.8 Å². The van der Waals surface area contributed by atoms with Gasteiger partial charge in [0.15, 0.2) is 6.61 Å². The van der Waals surface area contributed by atoms with Crippen molar-refractivity contribution in [3.05, 3.63) is 95.0 Å². The molecule has 2 N–H and O–H groups in total. The molecular formula is C25H18ClN3O5. The van der Waals surface area contributed by atoms with Gasteiger partial charge in [-0.3, -0.25) is 19.7 Å². The van der Waals surface area contributed by atoms with Gasteiger partial charge < -0.3 is 10.1 Å². The third-order valence-electron chi connectivity index (χ3n) is 4.80. The summed E-state index contributed by atoms with van der Waals surface area (Å²) < 4.78 is 5.63. The van der Waals surface area contributed by atoms with Crippen LogP contribution in [0.2, 0.25) is 5.02 Å². The molecular weight excluding hydrogens is 458 g/mol. The lowest BCUT2D eigenvalue weighted by molar-refractivity contribution is -0.122. The number of nitrogens with one attached hydrogen (secondary N) is 2. The number of benzene rings is 3. The Bertz CT molecular complexity index is 1290. The SMILES string of the molecule is O=C(COc1ccc(Cl)cc1/C=C1\C(=O)NC(=O)N(c2ccccc2)C1=O)Nc1ccccc1. The van der Waals surface area contributed by atoms with Crippen LogP contribution in [0.15, 0.2) is 84.4 Å². The fourth-order valence-corrected chi connectivity index (χ4v) is 3.43. The first-order valence-corrected chi connectivity index (χ1v) is 10.5. The molecule has 1 fully saturated rings. The third-order valence-corrected chi connectivity index (χ3v) is 5.04. The van der Waals surface area contributed by atoms with Gasteiger partial charge in [0.1, 0.15) is 11.3 Å². The second kappa shape index (κ2) is 10.0. The van der Waals surface area contributed by atoms with Crippen LogP contribution < -0.4 is 20.3 Å². The second-order valence-electron chi connectivity index (χ2n) is 7.18. The van der Waals surface area contributed by atoms with E-state index in [2.05, 4.69) is 10.6 Å². The molecule has 0 aliphatic carbocycles. The molecule has 1 aliphatic rings. The van der Waals surface area contributed by atoms with Crippen LogP contribution in [0.1, 0.15) is 5.56 Å². The quantitative estimate of drug-likeness (QED) is 0.414. The number of nitrogens with zero attached hydrogens (tertiary/aromatic N) is 1. The Labute approximate surface area is 199 Å². The molecule has 1 aliphatic heterocycles. The molecule has 9 heteroatoms. The highest BCUT2D eigenvalue weighted by Crippen LogP contribution is 2.28. The first-order chi connectivity index (χ1) is 16.4. The average Bonchev–Trinajstić information content (AvgIpc) is 2.82. The largest absolute Gasteiger partial charge is 0.483 e. The second-order valence-corrected chi connectivity index (χ2v) is 7.61. The summed E-state index contributed by atoms with van der Waals surface area (Å²) in [6.45, 7) is -0.318. The lowest BCUT2D eigenvalue weighted by Gasteiger charge is -2.26. The highest BCUT2D eigenvalue weighted by Gasteiger charge is 2.36. The number of ether oxygens (including phenoxy) is 1. The molecule has 4 rings (SSSR count). The number of halogens is 1. The number of para-hydroxylation sites is 2. The molecule has 0 radical (unpaired) electrons. The molecule has 0 aromatic heterocycles. The number of rotatable bonds is 6. The van der Waals surface area contributed by atoms with Crippen LogP contribution in [-0.4, -0.2) is 30.4 Å². The zero-order valence-electron chi connectivity index (χ0n) is 17.7. The van der Waals surface area contributed by atoms with Crippen molar-refractivity contribution in [2.45, 2.75) is 0 Å². The zero-order chi connectivity index (χ0) is 24.1. The monoisotopic (exact) mass is 475 g/mol. The van der Waals surface area contributed by atoms with Gasteiger partial charge in [-0.2, -0.15) is 0 Å². The van der Waals surface area contributed by atoms with Gasteiger partial charge in [-0.05, 0) is 48.5 Å². The maximum absolute atomic E-state index is 13.1. The number of urea groups is 1. The van der Waals surface area contributed by atoms with E-state index in [1.54, 1.807) is 60.7 Å².